The molecule has 3 rings (SSSR count). The van der Waals surface area contributed by atoms with Crippen LogP contribution in [0.5, 0.6) is 5.75 Å². The topological polar surface area (TPSA) is 43.8 Å². The Morgan fingerprint density at radius 2 is 1.67 bits per heavy atom. The molecule has 96 valence electrons. The number of phenolic OH excluding ortho intramolecular Hbond substituents is 1. The summed E-state index contributed by atoms with van der Waals surface area (Å²) in [7, 11) is 0. The van der Waals surface area contributed by atoms with Crippen molar-refractivity contribution in [2.45, 2.75) is 18.9 Å². The first-order valence-electron chi connectivity index (χ1n) is 6.56. The lowest BCUT2D eigenvalue weighted by molar-refractivity contribution is 0.0627. The number of hydrogen-bond donors (Lipinski definition) is 1. The summed E-state index contributed by atoms with van der Waals surface area (Å²) in [4.78, 5) is 16.6. The first-order valence-corrected chi connectivity index (χ1v) is 6.56. The lowest BCUT2D eigenvalue weighted by Gasteiger charge is -2.34. The lowest BCUT2D eigenvalue weighted by Crippen LogP contribution is -2.49. The Kier molecular flexibility index (Phi) is 2.96. The van der Waals surface area contributed by atoms with Gasteiger partial charge in [0.05, 0.1) is 0 Å². The number of phenols is 1. The summed E-state index contributed by atoms with van der Waals surface area (Å²) in [6.07, 6.45) is 2.65. The largest absolute Gasteiger partial charge is 0.508 e. The van der Waals surface area contributed by atoms with E-state index in [9.17, 15) is 9.90 Å². The Morgan fingerprint density at radius 1 is 1.06 bits per heavy atom. The quantitative estimate of drug-likeness (QED) is 0.855. The maximum absolute atomic E-state index is 12.2. The maximum Gasteiger partial charge on any atom is 0.253 e. The standard InChI is InChI=1S/C14H18N2O2/c17-13-5-1-11(2-6-13)14(18)16-9-7-15(8-10-16)12-3-4-12/h1-2,5-6,12,17H,3-4,7-10H2. The second-order valence-electron chi connectivity index (χ2n) is 5.11. The van der Waals surface area contributed by atoms with Crippen LogP contribution in [0.2, 0.25) is 0 Å². The van der Waals surface area contributed by atoms with Crippen LogP contribution in [-0.4, -0.2) is 53.0 Å². The molecule has 0 aromatic heterocycles. The van der Waals surface area contributed by atoms with E-state index in [-0.39, 0.29) is 11.7 Å². The van der Waals surface area contributed by atoms with Crippen LogP contribution in [0, 0.1) is 0 Å². The molecule has 1 heterocycles. The van der Waals surface area contributed by atoms with Crippen LogP contribution < -0.4 is 0 Å². The van der Waals surface area contributed by atoms with Gasteiger partial charge in [0.1, 0.15) is 5.75 Å². The molecule has 1 amide bonds. The van der Waals surface area contributed by atoms with Crippen molar-refractivity contribution in [2.24, 2.45) is 0 Å². The van der Waals surface area contributed by atoms with Gasteiger partial charge < -0.3 is 10.0 Å². The maximum atomic E-state index is 12.2. The monoisotopic (exact) mass is 246 g/mol. The fraction of sp³-hybridized carbons (Fsp3) is 0.500. The van der Waals surface area contributed by atoms with Gasteiger partial charge in [0.2, 0.25) is 0 Å². The predicted molar refractivity (Wildman–Crippen MR) is 68.6 cm³/mol. The van der Waals surface area contributed by atoms with E-state index in [0.29, 0.717) is 5.56 Å². The molecule has 0 spiro atoms. The van der Waals surface area contributed by atoms with Gasteiger partial charge in [-0.3, -0.25) is 9.69 Å². The van der Waals surface area contributed by atoms with Crippen molar-refractivity contribution in [3.05, 3.63) is 29.8 Å². The number of piperazine rings is 1. The molecule has 0 bridgehead atoms. The van der Waals surface area contributed by atoms with Gasteiger partial charge in [-0.25, -0.2) is 0 Å². The smallest absolute Gasteiger partial charge is 0.253 e. The minimum absolute atomic E-state index is 0.0745. The summed E-state index contributed by atoms with van der Waals surface area (Å²) in [6, 6.07) is 7.29. The summed E-state index contributed by atoms with van der Waals surface area (Å²) in [5.74, 6) is 0.274. The summed E-state index contributed by atoms with van der Waals surface area (Å²) >= 11 is 0. The highest BCUT2D eigenvalue weighted by atomic mass is 16.3. The zero-order valence-corrected chi connectivity index (χ0v) is 10.4. The molecule has 2 aliphatic rings. The molecule has 1 N–H and O–H groups in total. The summed E-state index contributed by atoms with van der Waals surface area (Å²) in [6.45, 7) is 3.62. The Morgan fingerprint density at radius 3 is 2.22 bits per heavy atom. The van der Waals surface area contributed by atoms with Gasteiger partial charge >= 0.3 is 0 Å². The fourth-order valence-electron chi connectivity index (χ4n) is 2.52. The zero-order valence-electron chi connectivity index (χ0n) is 10.4. The van der Waals surface area contributed by atoms with Gasteiger partial charge in [0.25, 0.3) is 5.91 Å². The van der Waals surface area contributed by atoms with E-state index in [1.54, 1.807) is 24.3 Å². The fourth-order valence-corrected chi connectivity index (χ4v) is 2.52. The molecule has 18 heavy (non-hydrogen) atoms. The van der Waals surface area contributed by atoms with Crippen LogP contribution in [0.25, 0.3) is 0 Å². The molecule has 1 saturated carbocycles. The minimum Gasteiger partial charge on any atom is -0.508 e. The highest BCUT2D eigenvalue weighted by Crippen LogP contribution is 2.27. The van der Waals surface area contributed by atoms with E-state index >= 15 is 0 Å². The van der Waals surface area contributed by atoms with E-state index in [1.165, 1.54) is 12.8 Å². The SMILES string of the molecule is O=C(c1ccc(O)cc1)N1CCN(C2CC2)CC1. The van der Waals surface area contributed by atoms with Crippen LogP contribution in [0.3, 0.4) is 0 Å². The highest BCUT2D eigenvalue weighted by molar-refractivity contribution is 5.94. The molecule has 0 atom stereocenters. The van der Waals surface area contributed by atoms with Crippen molar-refractivity contribution < 1.29 is 9.90 Å². The summed E-state index contributed by atoms with van der Waals surface area (Å²) in [5, 5.41) is 9.22. The van der Waals surface area contributed by atoms with E-state index < -0.39 is 0 Å². The van der Waals surface area contributed by atoms with Crippen molar-refractivity contribution in [3.63, 3.8) is 0 Å². The second kappa shape index (κ2) is 4.61. The highest BCUT2D eigenvalue weighted by Gasteiger charge is 2.32. The number of nitrogens with zero attached hydrogens (tertiary/aromatic N) is 2. The van der Waals surface area contributed by atoms with Crippen molar-refractivity contribution in [1.29, 1.82) is 0 Å². The third kappa shape index (κ3) is 2.34. The van der Waals surface area contributed by atoms with Crippen LogP contribution in [0.1, 0.15) is 23.2 Å². The average molecular weight is 246 g/mol. The molecule has 4 nitrogen and oxygen atoms in total. The van der Waals surface area contributed by atoms with Crippen molar-refractivity contribution in [2.75, 3.05) is 26.2 Å². The van der Waals surface area contributed by atoms with E-state index in [4.69, 9.17) is 0 Å². The van der Waals surface area contributed by atoms with Crippen LogP contribution in [0.4, 0.5) is 0 Å². The number of hydrogen-bond acceptors (Lipinski definition) is 3. The first kappa shape index (κ1) is 11.5. The van der Waals surface area contributed by atoms with Gasteiger partial charge in [0, 0.05) is 37.8 Å². The average Bonchev–Trinajstić information content (AvgIpc) is 3.23. The molecule has 0 radical (unpaired) electrons. The Bertz CT molecular complexity index is 432. The summed E-state index contributed by atoms with van der Waals surface area (Å²) < 4.78 is 0. The predicted octanol–water partition coefficient (Wildman–Crippen LogP) is 1.31. The third-order valence-electron chi connectivity index (χ3n) is 3.78. The number of amides is 1. The molecule has 1 aliphatic heterocycles. The Hall–Kier alpha value is -1.55. The molecule has 1 aromatic rings. The number of aromatic hydroxyl groups is 1. The second-order valence-corrected chi connectivity index (χ2v) is 5.11. The molecule has 1 saturated heterocycles. The van der Waals surface area contributed by atoms with E-state index in [2.05, 4.69) is 4.90 Å². The molecule has 4 heteroatoms. The van der Waals surface area contributed by atoms with Crippen LogP contribution in [0.15, 0.2) is 24.3 Å². The van der Waals surface area contributed by atoms with E-state index in [1.807, 2.05) is 4.90 Å². The van der Waals surface area contributed by atoms with Crippen LogP contribution in [-0.2, 0) is 0 Å². The van der Waals surface area contributed by atoms with Gasteiger partial charge in [-0.15, -0.1) is 0 Å². The normalized spacial score (nSPS) is 21.0. The minimum atomic E-state index is 0.0745. The Balaban J connectivity index is 1.61. The van der Waals surface area contributed by atoms with Crippen molar-refractivity contribution in [3.8, 4) is 5.75 Å². The molecule has 2 fully saturated rings. The first-order chi connectivity index (χ1) is 8.74. The summed E-state index contributed by atoms with van der Waals surface area (Å²) in [5.41, 5.74) is 0.660. The number of rotatable bonds is 2. The van der Waals surface area contributed by atoms with Crippen molar-refractivity contribution >= 4 is 5.91 Å². The molecular weight excluding hydrogens is 228 g/mol. The van der Waals surface area contributed by atoms with Crippen LogP contribution >= 0.6 is 0 Å². The van der Waals surface area contributed by atoms with Gasteiger partial charge in [-0.2, -0.15) is 0 Å². The third-order valence-corrected chi connectivity index (χ3v) is 3.78. The molecule has 1 aliphatic carbocycles. The molecular formula is C14H18N2O2. The molecule has 1 aromatic carbocycles. The van der Waals surface area contributed by atoms with Gasteiger partial charge in [0.15, 0.2) is 0 Å². The number of benzene rings is 1. The zero-order chi connectivity index (χ0) is 12.5. The van der Waals surface area contributed by atoms with E-state index in [0.717, 1.165) is 32.2 Å². The molecule has 0 unspecified atom stereocenters. The number of carbonyl (C=O) groups excluding carboxylic acids is 1. The van der Waals surface area contributed by atoms with Gasteiger partial charge in [-0.05, 0) is 37.1 Å². The lowest BCUT2D eigenvalue weighted by atomic mass is 10.1. The van der Waals surface area contributed by atoms with Gasteiger partial charge in [-0.1, -0.05) is 0 Å². The number of carbonyl (C=O) groups is 1. The van der Waals surface area contributed by atoms with Crippen molar-refractivity contribution in [1.82, 2.24) is 9.80 Å². The Labute approximate surface area is 107 Å².